The molecular formula is C15H21BrN2O. The molecule has 2 bridgehead atoms. The lowest BCUT2D eigenvalue weighted by atomic mass is 9.84. The van der Waals surface area contributed by atoms with Crippen molar-refractivity contribution in [2.24, 2.45) is 5.92 Å². The number of halogens is 1. The van der Waals surface area contributed by atoms with Gasteiger partial charge in [0.05, 0.1) is 12.8 Å². The molecule has 0 aromatic heterocycles. The van der Waals surface area contributed by atoms with E-state index in [-0.39, 0.29) is 0 Å². The average molecular weight is 325 g/mol. The Kier molecular flexibility index (Phi) is 3.72. The minimum Gasteiger partial charge on any atom is -0.495 e. The van der Waals surface area contributed by atoms with Crippen LogP contribution in [0.25, 0.3) is 0 Å². The summed E-state index contributed by atoms with van der Waals surface area (Å²) in [6.45, 7) is 5.86. The number of nitrogens with zero attached hydrogens (tertiary/aromatic N) is 1. The first-order valence-electron chi connectivity index (χ1n) is 7.00. The standard InChI is InChI=1S/C15H21BrN2O/c1-10-7-12(16)8-14(19-2)15(10)17-13-9-18-5-3-11(13)4-6-18/h7-8,11,13,17H,3-6,9H2,1-2H3. The molecule has 3 aliphatic rings. The van der Waals surface area contributed by atoms with Crippen LogP contribution in [0.3, 0.4) is 0 Å². The Bertz CT molecular complexity index is 469. The first-order chi connectivity index (χ1) is 9.17. The van der Waals surface area contributed by atoms with Gasteiger partial charge < -0.3 is 15.0 Å². The molecule has 3 heterocycles. The van der Waals surface area contributed by atoms with Gasteiger partial charge in [-0.25, -0.2) is 0 Å². The molecule has 1 aromatic rings. The van der Waals surface area contributed by atoms with Gasteiger partial charge >= 0.3 is 0 Å². The van der Waals surface area contributed by atoms with Crippen LogP contribution in [0.2, 0.25) is 0 Å². The van der Waals surface area contributed by atoms with Crippen LogP contribution in [0.4, 0.5) is 5.69 Å². The number of piperidine rings is 3. The summed E-state index contributed by atoms with van der Waals surface area (Å²) in [6, 6.07) is 4.75. The van der Waals surface area contributed by atoms with E-state index in [4.69, 9.17) is 4.74 Å². The molecule has 0 saturated carbocycles. The number of ether oxygens (including phenoxy) is 1. The number of aryl methyl sites for hydroxylation is 1. The molecule has 0 spiro atoms. The zero-order chi connectivity index (χ0) is 13.4. The average Bonchev–Trinajstić information content (AvgIpc) is 2.43. The Morgan fingerprint density at radius 3 is 2.63 bits per heavy atom. The lowest BCUT2D eigenvalue weighted by molar-refractivity contribution is 0.0974. The first-order valence-corrected chi connectivity index (χ1v) is 7.79. The van der Waals surface area contributed by atoms with Crippen LogP contribution in [-0.2, 0) is 0 Å². The van der Waals surface area contributed by atoms with E-state index in [9.17, 15) is 0 Å². The quantitative estimate of drug-likeness (QED) is 0.923. The second kappa shape index (κ2) is 5.33. The van der Waals surface area contributed by atoms with Gasteiger partial charge in [-0.05, 0) is 56.5 Å². The minimum atomic E-state index is 0.566. The highest BCUT2D eigenvalue weighted by molar-refractivity contribution is 9.10. The smallest absolute Gasteiger partial charge is 0.143 e. The van der Waals surface area contributed by atoms with Crippen molar-refractivity contribution < 1.29 is 4.74 Å². The van der Waals surface area contributed by atoms with Crippen LogP contribution < -0.4 is 10.1 Å². The molecule has 0 aliphatic carbocycles. The maximum atomic E-state index is 5.52. The number of hydrogen-bond acceptors (Lipinski definition) is 3. The van der Waals surface area contributed by atoms with Crippen LogP contribution in [-0.4, -0.2) is 37.7 Å². The Balaban J connectivity index is 1.83. The molecule has 3 nitrogen and oxygen atoms in total. The molecule has 1 unspecified atom stereocenters. The summed E-state index contributed by atoms with van der Waals surface area (Å²) >= 11 is 3.53. The lowest BCUT2D eigenvalue weighted by Gasteiger charge is -2.45. The van der Waals surface area contributed by atoms with Gasteiger partial charge in [-0.3, -0.25) is 0 Å². The van der Waals surface area contributed by atoms with E-state index < -0.39 is 0 Å². The number of rotatable bonds is 3. The van der Waals surface area contributed by atoms with Gasteiger partial charge in [0.25, 0.3) is 0 Å². The summed E-state index contributed by atoms with van der Waals surface area (Å²) < 4.78 is 6.59. The SMILES string of the molecule is COc1cc(Br)cc(C)c1NC1CN2CCC1CC2. The highest BCUT2D eigenvalue weighted by Gasteiger charge is 2.34. The van der Waals surface area contributed by atoms with Gasteiger partial charge in [0.15, 0.2) is 0 Å². The molecule has 1 atom stereocenters. The molecule has 4 rings (SSSR count). The Hall–Kier alpha value is -0.740. The molecule has 3 saturated heterocycles. The van der Waals surface area contributed by atoms with Crippen molar-refractivity contribution in [3.05, 3.63) is 22.2 Å². The molecular weight excluding hydrogens is 304 g/mol. The van der Waals surface area contributed by atoms with Crippen molar-refractivity contribution in [1.82, 2.24) is 4.90 Å². The summed E-state index contributed by atoms with van der Waals surface area (Å²) in [5.74, 6) is 1.75. The fourth-order valence-electron chi connectivity index (χ4n) is 3.37. The zero-order valence-electron chi connectivity index (χ0n) is 11.6. The number of nitrogens with one attached hydrogen (secondary N) is 1. The van der Waals surface area contributed by atoms with Crippen LogP contribution in [0.15, 0.2) is 16.6 Å². The number of hydrogen-bond donors (Lipinski definition) is 1. The fourth-order valence-corrected chi connectivity index (χ4v) is 3.92. The third-order valence-electron chi connectivity index (χ3n) is 4.47. The third-order valence-corrected chi connectivity index (χ3v) is 4.93. The summed E-state index contributed by atoms with van der Waals surface area (Å²) in [4.78, 5) is 2.57. The van der Waals surface area contributed by atoms with Gasteiger partial charge in [0.2, 0.25) is 0 Å². The summed E-state index contributed by atoms with van der Waals surface area (Å²) in [5.41, 5.74) is 2.40. The number of benzene rings is 1. The number of fused-ring (bicyclic) bond motifs is 3. The van der Waals surface area contributed by atoms with E-state index in [1.807, 2.05) is 6.07 Å². The van der Waals surface area contributed by atoms with Crippen LogP contribution in [0.5, 0.6) is 5.75 Å². The Morgan fingerprint density at radius 2 is 2.05 bits per heavy atom. The predicted molar refractivity (Wildman–Crippen MR) is 82.0 cm³/mol. The van der Waals surface area contributed by atoms with Crippen molar-refractivity contribution in [3.63, 3.8) is 0 Å². The van der Waals surface area contributed by atoms with E-state index in [1.165, 1.54) is 38.0 Å². The van der Waals surface area contributed by atoms with Crippen molar-refractivity contribution in [2.45, 2.75) is 25.8 Å². The van der Waals surface area contributed by atoms with Crippen LogP contribution in [0, 0.1) is 12.8 Å². The molecule has 104 valence electrons. The monoisotopic (exact) mass is 324 g/mol. The van der Waals surface area contributed by atoms with E-state index in [0.717, 1.165) is 21.8 Å². The van der Waals surface area contributed by atoms with Crippen molar-refractivity contribution in [3.8, 4) is 5.75 Å². The fraction of sp³-hybridized carbons (Fsp3) is 0.600. The van der Waals surface area contributed by atoms with Gasteiger partial charge in [-0.2, -0.15) is 0 Å². The lowest BCUT2D eigenvalue weighted by Crippen LogP contribution is -2.53. The second-order valence-corrected chi connectivity index (χ2v) is 6.60. The van der Waals surface area contributed by atoms with Crippen molar-refractivity contribution in [2.75, 3.05) is 32.1 Å². The summed E-state index contributed by atoms with van der Waals surface area (Å²) in [7, 11) is 1.74. The molecule has 0 amide bonds. The van der Waals surface area contributed by atoms with Crippen molar-refractivity contribution in [1.29, 1.82) is 0 Å². The Labute approximate surface area is 123 Å². The van der Waals surface area contributed by atoms with Gasteiger partial charge in [-0.15, -0.1) is 0 Å². The maximum Gasteiger partial charge on any atom is 0.143 e. The molecule has 19 heavy (non-hydrogen) atoms. The molecule has 0 radical (unpaired) electrons. The first kappa shape index (κ1) is 13.3. The minimum absolute atomic E-state index is 0.566. The molecule has 1 aromatic carbocycles. The van der Waals surface area contributed by atoms with Gasteiger partial charge in [0.1, 0.15) is 5.75 Å². The van der Waals surface area contributed by atoms with Crippen LogP contribution >= 0.6 is 15.9 Å². The van der Waals surface area contributed by atoms with E-state index >= 15 is 0 Å². The largest absolute Gasteiger partial charge is 0.495 e. The van der Waals surface area contributed by atoms with Gasteiger partial charge in [-0.1, -0.05) is 15.9 Å². The topological polar surface area (TPSA) is 24.5 Å². The number of anilines is 1. The molecule has 1 N–H and O–H groups in total. The van der Waals surface area contributed by atoms with Crippen molar-refractivity contribution >= 4 is 21.6 Å². The Morgan fingerprint density at radius 1 is 1.32 bits per heavy atom. The second-order valence-electron chi connectivity index (χ2n) is 5.69. The normalized spacial score (nSPS) is 29.3. The van der Waals surface area contributed by atoms with E-state index in [1.54, 1.807) is 7.11 Å². The van der Waals surface area contributed by atoms with E-state index in [0.29, 0.717) is 6.04 Å². The molecule has 3 aliphatic heterocycles. The molecule has 4 heteroatoms. The summed E-state index contributed by atoms with van der Waals surface area (Å²) in [5, 5.41) is 3.74. The van der Waals surface area contributed by atoms with Crippen LogP contribution in [0.1, 0.15) is 18.4 Å². The third kappa shape index (κ3) is 2.61. The highest BCUT2D eigenvalue weighted by atomic mass is 79.9. The molecule has 3 fully saturated rings. The van der Waals surface area contributed by atoms with E-state index in [2.05, 4.69) is 39.1 Å². The maximum absolute atomic E-state index is 5.52. The predicted octanol–water partition coefficient (Wildman–Crippen LogP) is 3.27. The summed E-state index contributed by atoms with van der Waals surface area (Å²) in [6.07, 6.45) is 2.66. The highest BCUT2D eigenvalue weighted by Crippen LogP contribution is 2.36. The zero-order valence-corrected chi connectivity index (χ0v) is 13.2. The van der Waals surface area contributed by atoms with Gasteiger partial charge in [0, 0.05) is 17.1 Å². The number of methoxy groups -OCH3 is 1.